The normalized spacial score (nSPS) is 20.0. The van der Waals surface area contributed by atoms with Crippen molar-refractivity contribution in [1.82, 2.24) is 0 Å². The molecule has 0 aromatic heterocycles. The largest absolute Gasteiger partial charge is 0.311 e. The fourth-order valence-corrected chi connectivity index (χ4v) is 13.5. The van der Waals surface area contributed by atoms with Gasteiger partial charge in [0.1, 0.15) is 0 Å². The van der Waals surface area contributed by atoms with Gasteiger partial charge in [0.25, 0.3) is 0 Å². The summed E-state index contributed by atoms with van der Waals surface area (Å²) >= 11 is 0. The smallest absolute Gasteiger partial charge is 0.247 e. The molecule has 12 rings (SSSR count). The second kappa shape index (κ2) is 15.0. The second-order valence-electron chi connectivity index (χ2n) is 21.3. The van der Waals surface area contributed by atoms with Crippen LogP contribution in [0.25, 0.3) is 22.3 Å². The summed E-state index contributed by atoms with van der Waals surface area (Å²) in [4.78, 5) is 5.19. The molecule has 66 heavy (non-hydrogen) atoms. The molecule has 2 aliphatic heterocycles. The summed E-state index contributed by atoms with van der Waals surface area (Å²) in [5, 5.41) is 0. The van der Waals surface area contributed by atoms with Gasteiger partial charge in [-0.25, -0.2) is 0 Å². The van der Waals surface area contributed by atoms with Crippen LogP contribution in [0.2, 0.25) is 0 Å². The Morgan fingerprint density at radius 1 is 0.545 bits per heavy atom. The van der Waals surface area contributed by atoms with Crippen molar-refractivity contribution in [2.75, 3.05) is 9.80 Å². The molecular formula is C63H59BN2. The van der Waals surface area contributed by atoms with Crippen LogP contribution in [-0.2, 0) is 10.8 Å². The fraction of sp³-hybridized carbons (Fsp3) is 0.238. The van der Waals surface area contributed by atoms with Crippen LogP contribution in [0.3, 0.4) is 0 Å². The Labute approximate surface area is 393 Å². The molecule has 3 heteroatoms. The van der Waals surface area contributed by atoms with Gasteiger partial charge in [0.15, 0.2) is 0 Å². The van der Waals surface area contributed by atoms with Crippen LogP contribution in [-0.4, -0.2) is 6.71 Å². The molecular weight excluding hydrogens is 796 g/mol. The lowest BCUT2D eigenvalue weighted by atomic mass is 9.30. The summed E-state index contributed by atoms with van der Waals surface area (Å²) in [5.74, 6) is 0.252. The first kappa shape index (κ1) is 40.9. The van der Waals surface area contributed by atoms with Crippen molar-refractivity contribution in [2.24, 2.45) is 5.41 Å². The van der Waals surface area contributed by atoms with Crippen LogP contribution in [0, 0.1) is 19.3 Å². The third-order valence-electron chi connectivity index (χ3n) is 16.6. The molecule has 324 valence electrons. The second-order valence-corrected chi connectivity index (χ2v) is 21.3. The van der Waals surface area contributed by atoms with Gasteiger partial charge in [-0.15, -0.1) is 0 Å². The Morgan fingerprint density at radius 2 is 1.15 bits per heavy atom. The van der Waals surface area contributed by atoms with Gasteiger partial charge in [0.2, 0.25) is 6.71 Å². The van der Waals surface area contributed by atoms with E-state index in [1.807, 2.05) is 0 Å². The van der Waals surface area contributed by atoms with Crippen LogP contribution in [0.4, 0.5) is 34.1 Å². The Kier molecular flexibility index (Phi) is 9.28. The molecule has 8 aromatic rings. The van der Waals surface area contributed by atoms with E-state index in [1.165, 1.54) is 104 Å². The summed E-state index contributed by atoms with van der Waals surface area (Å²) in [6.07, 6.45) is 4.99. The molecule has 0 radical (unpaired) electrons. The lowest BCUT2D eigenvalue weighted by Gasteiger charge is -2.51. The topological polar surface area (TPSA) is 6.48 Å². The van der Waals surface area contributed by atoms with Gasteiger partial charge < -0.3 is 9.80 Å². The highest BCUT2D eigenvalue weighted by molar-refractivity contribution is 6.99. The van der Waals surface area contributed by atoms with Crippen molar-refractivity contribution in [1.29, 1.82) is 0 Å². The predicted octanol–water partition coefficient (Wildman–Crippen LogP) is 15.0. The average molecular weight is 855 g/mol. The van der Waals surface area contributed by atoms with Crippen LogP contribution in [0.5, 0.6) is 0 Å². The van der Waals surface area contributed by atoms with E-state index in [0.717, 1.165) is 11.4 Å². The van der Waals surface area contributed by atoms with E-state index in [2.05, 4.69) is 234 Å². The van der Waals surface area contributed by atoms with Gasteiger partial charge in [-0.3, -0.25) is 0 Å². The number of hydrogen-bond acceptors (Lipinski definition) is 2. The third kappa shape index (κ3) is 5.94. The Balaban J connectivity index is 1.25. The van der Waals surface area contributed by atoms with Crippen molar-refractivity contribution < 1.29 is 0 Å². The van der Waals surface area contributed by atoms with Gasteiger partial charge in [-0.2, -0.15) is 0 Å². The minimum atomic E-state index is -0.0237. The Hall–Kier alpha value is -6.58. The molecule has 2 nitrogen and oxygen atoms in total. The minimum absolute atomic E-state index is 0.0237. The van der Waals surface area contributed by atoms with Crippen LogP contribution < -0.4 is 26.2 Å². The quantitative estimate of drug-likeness (QED) is 0.154. The maximum atomic E-state index is 2.68. The molecule has 2 aliphatic carbocycles. The first-order chi connectivity index (χ1) is 32.0. The maximum Gasteiger partial charge on any atom is 0.247 e. The van der Waals surface area contributed by atoms with Gasteiger partial charge >= 0.3 is 0 Å². The highest BCUT2D eigenvalue weighted by atomic mass is 15.2. The number of hydrogen-bond donors (Lipinski definition) is 0. The van der Waals surface area contributed by atoms with E-state index in [0.29, 0.717) is 0 Å². The summed E-state index contributed by atoms with van der Waals surface area (Å²) < 4.78 is 0. The van der Waals surface area contributed by atoms with Gasteiger partial charge in [-0.1, -0.05) is 180 Å². The highest BCUT2D eigenvalue weighted by Gasteiger charge is 2.63. The van der Waals surface area contributed by atoms with Crippen molar-refractivity contribution in [3.8, 4) is 22.3 Å². The van der Waals surface area contributed by atoms with Crippen molar-refractivity contribution >= 4 is 57.2 Å². The Morgan fingerprint density at radius 3 is 1.80 bits per heavy atom. The lowest BCUT2D eigenvalue weighted by Crippen LogP contribution is -2.63. The molecule has 3 unspecified atom stereocenters. The van der Waals surface area contributed by atoms with E-state index in [4.69, 9.17) is 0 Å². The van der Waals surface area contributed by atoms with E-state index < -0.39 is 0 Å². The first-order valence-corrected chi connectivity index (χ1v) is 24.4. The van der Waals surface area contributed by atoms with Crippen LogP contribution >= 0.6 is 0 Å². The molecule has 4 aliphatic rings. The number of para-hydroxylation sites is 2. The number of nitrogens with zero attached hydrogens (tertiary/aromatic N) is 2. The highest BCUT2D eigenvalue weighted by Crippen LogP contribution is 2.68. The number of benzene rings is 8. The first-order valence-electron chi connectivity index (χ1n) is 24.4. The molecule has 8 aromatic carbocycles. The van der Waals surface area contributed by atoms with E-state index in [9.17, 15) is 0 Å². The molecule has 0 bridgehead atoms. The SMILES string of the molecule is Cc1cc(C)c2c3c1B1c4cc(-c5ccccc5)ccc4N(c4ccc(C(C)(C)C)cc4-c4ccccc4)c4cc(N(c5ccccc5)c5ccccc5)cc(c41)C3C1(C)CCCCC21C. The number of anilines is 6. The zero-order chi connectivity index (χ0) is 45.1. The third-order valence-corrected chi connectivity index (χ3v) is 16.6. The molecule has 3 atom stereocenters. The molecule has 0 amide bonds. The van der Waals surface area contributed by atoms with Crippen molar-refractivity contribution in [2.45, 2.75) is 90.9 Å². The van der Waals surface area contributed by atoms with Crippen molar-refractivity contribution in [3.63, 3.8) is 0 Å². The summed E-state index contributed by atoms with van der Waals surface area (Å²) in [6, 6.07) is 66.7. The summed E-state index contributed by atoms with van der Waals surface area (Å²) in [6.45, 7) is 17.2. The molecule has 0 N–H and O–H groups in total. The zero-order valence-electron chi connectivity index (χ0n) is 39.6. The van der Waals surface area contributed by atoms with Crippen LogP contribution in [0.15, 0.2) is 176 Å². The van der Waals surface area contributed by atoms with E-state index in [1.54, 1.807) is 16.6 Å². The monoisotopic (exact) mass is 854 g/mol. The fourth-order valence-electron chi connectivity index (χ4n) is 13.5. The molecule has 2 heterocycles. The summed E-state index contributed by atoms with van der Waals surface area (Å²) in [5.41, 5.74) is 25.8. The van der Waals surface area contributed by atoms with E-state index in [-0.39, 0.29) is 28.9 Å². The van der Waals surface area contributed by atoms with E-state index >= 15 is 0 Å². The molecule has 1 fully saturated rings. The number of aryl methyl sites for hydroxylation is 2. The maximum absolute atomic E-state index is 2.68. The minimum Gasteiger partial charge on any atom is -0.311 e. The lowest BCUT2D eigenvalue weighted by molar-refractivity contribution is 0.0923. The van der Waals surface area contributed by atoms with Gasteiger partial charge in [-0.05, 0) is 153 Å². The molecule has 0 spiro atoms. The average Bonchev–Trinajstić information content (AvgIpc) is 3.56. The predicted molar refractivity (Wildman–Crippen MR) is 282 cm³/mol. The molecule has 1 saturated carbocycles. The standard InChI is InChI=1S/C63H59BN2/c1-41-36-42(2)59-56-57(41)62(6)34-20-21-35-63(62,7)58(56)51-39-49(65(47-26-16-10-17-27-47)48-28-18-11-19-29-48)40-55-60(51)64(59)52-37-45(43-22-12-8-13-23-43)30-32-54(52)66(55)53-33-31-46(61(3,4)5)38-50(53)44-24-14-9-15-25-44/h8-19,22-33,36-40,58H,20-21,34-35H2,1-7H3. The summed E-state index contributed by atoms with van der Waals surface area (Å²) in [7, 11) is 0. The Bertz CT molecular complexity index is 3150. The van der Waals surface area contributed by atoms with Gasteiger partial charge in [0, 0.05) is 39.9 Å². The van der Waals surface area contributed by atoms with Crippen molar-refractivity contribution in [3.05, 3.63) is 209 Å². The number of fused-ring (bicyclic) bond motifs is 7. The van der Waals surface area contributed by atoms with Crippen LogP contribution in [0.1, 0.15) is 99.6 Å². The zero-order valence-corrected chi connectivity index (χ0v) is 39.6. The molecule has 0 saturated heterocycles. The van der Waals surface area contributed by atoms with Gasteiger partial charge in [0.05, 0.1) is 5.69 Å². The number of rotatable bonds is 6.